The number of nitrogens with one attached hydrogen (secondary N) is 2. The molecule has 2 aliphatic rings. The lowest BCUT2D eigenvalue weighted by atomic mass is 9.98. The van der Waals surface area contributed by atoms with E-state index in [-0.39, 0.29) is 0 Å². The topological polar surface area (TPSA) is 56.8 Å². The van der Waals surface area contributed by atoms with Crippen molar-refractivity contribution in [3.63, 3.8) is 0 Å². The second-order valence-corrected chi connectivity index (χ2v) is 6.85. The van der Waals surface area contributed by atoms with Gasteiger partial charge in [0.15, 0.2) is 0 Å². The highest BCUT2D eigenvalue weighted by Crippen LogP contribution is 2.40. The molecule has 1 aliphatic heterocycles. The van der Waals surface area contributed by atoms with E-state index in [1.54, 1.807) is 18.6 Å². The molecule has 5 nitrogen and oxygen atoms in total. The van der Waals surface area contributed by atoms with Crippen LogP contribution < -0.4 is 10.2 Å². The molecule has 1 aliphatic carbocycles. The number of halogens is 3. The summed E-state index contributed by atoms with van der Waals surface area (Å²) in [7, 11) is 0. The molecule has 3 unspecified atom stereocenters. The maximum atomic E-state index is 12.9. The van der Waals surface area contributed by atoms with Crippen LogP contribution in [0.15, 0.2) is 30.7 Å². The van der Waals surface area contributed by atoms with Crippen molar-refractivity contribution in [2.24, 2.45) is 11.8 Å². The number of pyridine rings is 1. The maximum absolute atomic E-state index is 12.9. The number of imidazole rings is 1. The fraction of sp³-hybridized carbons (Fsp3) is 0.529. The zero-order valence-electron chi connectivity index (χ0n) is 13.6. The van der Waals surface area contributed by atoms with Gasteiger partial charge in [0.2, 0.25) is 0 Å². The van der Waals surface area contributed by atoms with E-state index in [1.165, 1.54) is 6.07 Å². The molecule has 1 saturated heterocycles. The van der Waals surface area contributed by atoms with Crippen molar-refractivity contribution >= 4 is 5.82 Å². The van der Waals surface area contributed by atoms with Gasteiger partial charge >= 0.3 is 6.18 Å². The third kappa shape index (κ3) is 3.35. The van der Waals surface area contributed by atoms with Crippen LogP contribution in [0.5, 0.6) is 0 Å². The molecule has 8 heteroatoms. The fourth-order valence-corrected chi connectivity index (χ4v) is 4.09. The Kier molecular flexibility index (Phi) is 4.15. The molecule has 0 aromatic carbocycles. The molecule has 0 amide bonds. The van der Waals surface area contributed by atoms with Gasteiger partial charge in [0.25, 0.3) is 0 Å². The molecular weight excluding hydrogens is 331 g/mol. The fourth-order valence-electron chi connectivity index (χ4n) is 4.09. The minimum absolute atomic E-state index is 0.379. The normalized spacial score (nSPS) is 26.2. The Balaban J connectivity index is 1.42. The monoisotopic (exact) mass is 351 g/mol. The molecule has 3 atom stereocenters. The third-order valence-electron chi connectivity index (χ3n) is 5.32. The lowest BCUT2D eigenvalue weighted by Gasteiger charge is -2.22. The van der Waals surface area contributed by atoms with Crippen LogP contribution in [0.4, 0.5) is 19.0 Å². The number of hydrogen-bond donors (Lipinski definition) is 2. The first-order chi connectivity index (χ1) is 12.0. The predicted octanol–water partition coefficient (Wildman–Crippen LogP) is 2.83. The van der Waals surface area contributed by atoms with E-state index in [4.69, 9.17) is 0 Å². The number of hydrogen-bond acceptors (Lipinski definition) is 4. The van der Waals surface area contributed by atoms with Gasteiger partial charge in [-0.25, -0.2) is 9.97 Å². The summed E-state index contributed by atoms with van der Waals surface area (Å²) in [6, 6.07) is 4.51. The van der Waals surface area contributed by atoms with Crippen molar-refractivity contribution in [1.82, 2.24) is 20.3 Å². The van der Waals surface area contributed by atoms with E-state index in [9.17, 15) is 13.2 Å². The van der Waals surface area contributed by atoms with E-state index < -0.39 is 11.9 Å². The van der Waals surface area contributed by atoms with E-state index in [2.05, 4.69) is 20.3 Å². The Morgan fingerprint density at radius 3 is 2.88 bits per heavy atom. The van der Waals surface area contributed by atoms with Crippen LogP contribution in [-0.4, -0.2) is 34.1 Å². The smallest absolute Gasteiger partial charge is 0.356 e. The second kappa shape index (κ2) is 6.33. The Hall–Kier alpha value is -2.09. The quantitative estimate of drug-likeness (QED) is 0.889. The summed E-state index contributed by atoms with van der Waals surface area (Å²) in [4.78, 5) is 12.9. The average molecular weight is 351 g/mol. The van der Waals surface area contributed by atoms with Crippen molar-refractivity contribution in [3.05, 3.63) is 42.1 Å². The summed E-state index contributed by atoms with van der Waals surface area (Å²) in [6.07, 6.45) is 1.26. The van der Waals surface area contributed by atoms with Gasteiger partial charge in [0.05, 0.1) is 6.33 Å². The van der Waals surface area contributed by atoms with Crippen molar-refractivity contribution in [1.29, 1.82) is 0 Å². The van der Waals surface area contributed by atoms with Crippen LogP contribution in [0.3, 0.4) is 0 Å². The lowest BCUT2D eigenvalue weighted by Crippen LogP contribution is -2.35. The van der Waals surface area contributed by atoms with Gasteiger partial charge in [-0.15, -0.1) is 0 Å². The van der Waals surface area contributed by atoms with Crippen LogP contribution in [0.1, 0.15) is 24.2 Å². The molecule has 2 aromatic heterocycles. The molecule has 0 bridgehead atoms. The van der Waals surface area contributed by atoms with Crippen molar-refractivity contribution in [2.75, 3.05) is 18.0 Å². The number of anilines is 1. The van der Waals surface area contributed by atoms with Crippen LogP contribution in [0.2, 0.25) is 0 Å². The van der Waals surface area contributed by atoms with Gasteiger partial charge in [-0.2, -0.15) is 13.2 Å². The van der Waals surface area contributed by atoms with Crippen LogP contribution >= 0.6 is 0 Å². The van der Waals surface area contributed by atoms with E-state index in [1.807, 2.05) is 4.90 Å². The van der Waals surface area contributed by atoms with Crippen molar-refractivity contribution in [2.45, 2.75) is 31.6 Å². The van der Waals surface area contributed by atoms with E-state index in [0.717, 1.165) is 44.2 Å². The van der Waals surface area contributed by atoms with Crippen molar-refractivity contribution < 1.29 is 13.2 Å². The molecule has 0 spiro atoms. The van der Waals surface area contributed by atoms with Crippen LogP contribution in [0, 0.1) is 11.8 Å². The number of aromatic amines is 1. The minimum Gasteiger partial charge on any atom is -0.356 e. The molecule has 2 fully saturated rings. The predicted molar refractivity (Wildman–Crippen MR) is 86.9 cm³/mol. The summed E-state index contributed by atoms with van der Waals surface area (Å²) in [5.74, 6) is 1.38. The largest absolute Gasteiger partial charge is 0.433 e. The number of alkyl halides is 3. The summed E-state index contributed by atoms with van der Waals surface area (Å²) in [5.41, 5.74) is 0.217. The van der Waals surface area contributed by atoms with Gasteiger partial charge in [-0.1, -0.05) is 6.07 Å². The Labute approximate surface area is 143 Å². The number of H-pyrrole nitrogens is 1. The third-order valence-corrected chi connectivity index (χ3v) is 5.32. The number of nitrogens with zero attached hydrogens (tertiary/aromatic N) is 3. The standard InChI is InChI=1S/C17H20F3N5/c18-17(19,20)15-2-1-3-16(24-15)25-8-11-4-5-14(13(11)9-25)22-7-12-6-21-10-23-12/h1-3,6,10-11,13-14,22H,4-5,7-9H2,(H,21,23). The van der Waals surface area contributed by atoms with E-state index in [0.29, 0.717) is 23.7 Å². The first-order valence-electron chi connectivity index (χ1n) is 8.50. The zero-order valence-corrected chi connectivity index (χ0v) is 13.6. The highest BCUT2D eigenvalue weighted by molar-refractivity contribution is 5.42. The van der Waals surface area contributed by atoms with Gasteiger partial charge in [-0.3, -0.25) is 0 Å². The van der Waals surface area contributed by atoms with Gasteiger partial charge in [0.1, 0.15) is 11.5 Å². The minimum atomic E-state index is -4.40. The Morgan fingerprint density at radius 1 is 1.24 bits per heavy atom. The summed E-state index contributed by atoms with van der Waals surface area (Å²) in [6.45, 7) is 2.26. The summed E-state index contributed by atoms with van der Waals surface area (Å²) < 4.78 is 38.7. The Bertz CT molecular complexity index is 715. The molecule has 25 heavy (non-hydrogen) atoms. The maximum Gasteiger partial charge on any atom is 0.433 e. The number of aromatic nitrogens is 3. The second-order valence-electron chi connectivity index (χ2n) is 6.85. The molecule has 134 valence electrons. The van der Waals surface area contributed by atoms with E-state index >= 15 is 0 Å². The molecule has 2 N–H and O–H groups in total. The van der Waals surface area contributed by atoms with Crippen molar-refractivity contribution in [3.8, 4) is 0 Å². The van der Waals surface area contributed by atoms with Crippen LogP contribution in [0.25, 0.3) is 0 Å². The first kappa shape index (κ1) is 16.4. The highest BCUT2D eigenvalue weighted by Gasteiger charge is 2.43. The average Bonchev–Trinajstić information content (AvgIpc) is 3.30. The Morgan fingerprint density at radius 2 is 2.12 bits per heavy atom. The zero-order chi connectivity index (χ0) is 17.4. The first-order valence-corrected chi connectivity index (χ1v) is 8.50. The molecule has 3 heterocycles. The molecule has 0 radical (unpaired) electrons. The molecular formula is C17H20F3N5. The van der Waals surface area contributed by atoms with Gasteiger partial charge in [0, 0.05) is 37.6 Å². The van der Waals surface area contributed by atoms with Gasteiger partial charge in [-0.05, 0) is 36.8 Å². The van der Waals surface area contributed by atoms with Gasteiger partial charge < -0.3 is 15.2 Å². The SMILES string of the molecule is FC(F)(F)c1cccc(N2CC3CCC(NCc4cnc[nH]4)C3C2)n1. The van der Waals surface area contributed by atoms with Crippen LogP contribution in [-0.2, 0) is 12.7 Å². The number of rotatable bonds is 4. The highest BCUT2D eigenvalue weighted by atomic mass is 19.4. The number of fused-ring (bicyclic) bond motifs is 1. The molecule has 1 saturated carbocycles. The molecule has 4 rings (SSSR count). The lowest BCUT2D eigenvalue weighted by molar-refractivity contribution is -0.141. The summed E-state index contributed by atoms with van der Waals surface area (Å²) >= 11 is 0. The summed E-state index contributed by atoms with van der Waals surface area (Å²) in [5, 5.41) is 3.56. The molecule has 2 aromatic rings.